The van der Waals surface area contributed by atoms with Crippen molar-refractivity contribution in [2.24, 2.45) is 0 Å². The number of aromatic amines is 2. The number of H-pyrrole nitrogens is 2. The number of hydrogen-bond donors (Lipinski definition) is 4. The molecule has 2 fully saturated rings. The predicted octanol–water partition coefficient (Wildman–Crippen LogP) is 9.82. The summed E-state index contributed by atoms with van der Waals surface area (Å²) in [7, 11) is 4.66. The molecule has 4 N–H and O–H groups in total. The molecule has 0 atom stereocenters. The second-order valence-electron chi connectivity index (χ2n) is 14.8. The van der Waals surface area contributed by atoms with E-state index >= 15 is 0 Å². The molecule has 0 bridgehead atoms. The molecule has 2 aliphatic carbocycles. The van der Waals surface area contributed by atoms with Gasteiger partial charge in [0.15, 0.2) is 0 Å². The minimum absolute atomic E-state index is 0.295. The zero-order valence-electron chi connectivity index (χ0n) is 33.6. The third-order valence-corrected chi connectivity index (χ3v) is 11.9. The molecule has 304 valence electrons. The molecule has 4 aromatic carbocycles. The highest BCUT2D eigenvalue weighted by Crippen LogP contribution is 2.43. The number of halogens is 1. The zero-order valence-corrected chi connectivity index (χ0v) is 35.2. The molecule has 0 saturated heterocycles. The van der Waals surface area contributed by atoms with E-state index in [4.69, 9.17) is 29.0 Å². The fraction of sp³-hybridized carbons (Fsp3) is 0.348. The summed E-state index contributed by atoms with van der Waals surface area (Å²) in [5.41, 5.74) is 8.67. The normalized spacial score (nSPS) is 14.5. The van der Waals surface area contributed by atoms with Gasteiger partial charge in [0.25, 0.3) is 0 Å². The summed E-state index contributed by atoms with van der Waals surface area (Å²) in [6, 6.07) is 26.3. The number of rotatable bonds is 8. The standard InChI is InChI=1S/C23H25NO3.C16H18BrNO2.C7H9BO3/c1-26-18-11-8-16(9-12-18)22-21(15-6-4-3-5-7-15)19-13-10-17(23(25)27-2)14-20(19)24-22;1-20-16(19)11-7-8-12-13(9-11)18-15(17)14(12)10-5-3-2-4-6-10;1-11-7-4-2-6(3-5-7)8(9)10/h8-15,24H,3-7H2,1-2H3;7-10,18H,2-6H2,1H3;2-5,9-10H,1H3. The summed E-state index contributed by atoms with van der Waals surface area (Å²) in [6.07, 6.45) is 12.8. The molecule has 12 heteroatoms. The molecule has 2 aromatic heterocycles. The number of benzene rings is 4. The van der Waals surface area contributed by atoms with Crippen molar-refractivity contribution in [2.75, 3.05) is 28.4 Å². The van der Waals surface area contributed by atoms with E-state index in [1.165, 1.54) is 100 Å². The van der Waals surface area contributed by atoms with Gasteiger partial charge in [-0.15, -0.1) is 0 Å². The summed E-state index contributed by atoms with van der Waals surface area (Å²) < 4.78 is 20.9. The first-order valence-corrected chi connectivity index (χ1v) is 20.7. The van der Waals surface area contributed by atoms with E-state index < -0.39 is 7.12 Å². The molecule has 0 spiro atoms. The lowest BCUT2D eigenvalue weighted by molar-refractivity contribution is 0.0592. The zero-order chi connectivity index (χ0) is 41.2. The highest BCUT2D eigenvalue weighted by Gasteiger charge is 2.25. The second-order valence-corrected chi connectivity index (χ2v) is 15.6. The van der Waals surface area contributed by atoms with Crippen molar-refractivity contribution in [1.29, 1.82) is 0 Å². The number of carbonyl (C=O) groups is 2. The first kappa shape index (κ1) is 42.6. The van der Waals surface area contributed by atoms with Crippen LogP contribution in [0.15, 0.2) is 89.5 Å². The van der Waals surface area contributed by atoms with E-state index in [0.717, 1.165) is 32.6 Å². The molecular formula is C46H52BBrN2O8. The Hall–Kier alpha value is -5.04. The van der Waals surface area contributed by atoms with Crippen molar-refractivity contribution >= 4 is 62.3 Å². The maximum Gasteiger partial charge on any atom is 0.488 e. The molecule has 8 rings (SSSR count). The van der Waals surface area contributed by atoms with Gasteiger partial charge in [0.2, 0.25) is 0 Å². The Morgan fingerprint density at radius 2 is 1.05 bits per heavy atom. The van der Waals surface area contributed by atoms with Gasteiger partial charge in [-0.2, -0.15) is 0 Å². The Balaban J connectivity index is 0.000000160. The minimum Gasteiger partial charge on any atom is -0.497 e. The van der Waals surface area contributed by atoms with Crippen molar-refractivity contribution in [1.82, 2.24) is 9.97 Å². The monoisotopic (exact) mass is 850 g/mol. The van der Waals surface area contributed by atoms with Crippen LogP contribution in [0.3, 0.4) is 0 Å². The van der Waals surface area contributed by atoms with Crippen LogP contribution < -0.4 is 14.9 Å². The number of methoxy groups -OCH3 is 4. The third-order valence-electron chi connectivity index (χ3n) is 11.3. The van der Waals surface area contributed by atoms with E-state index in [0.29, 0.717) is 34.2 Å². The van der Waals surface area contributed by atoms with Gasteiger partial charge < -0.3 is 39.0 Å². The minimum atomic E-state index is -1.40. The van der Waals surface area contributed by atoms with Crippen molar-refractivity contribution in [3.63, 3.8) is 0 Å². The van der Waals surface area contributed by atoms with E-state index in [-0.39, 0.29) is 11.9 Å². The maximum absolute atomic E-state index is 11.9. The molecule has 0 amide bonds. The Morgan fingerprint density at radius 1 is 0.603 bits per heavy atom. The molecule has 2 saturated carbocycles. The van der Waals surface area contributed by atoms with Crippen molar-refractivity contribution in [2.45, 2.75) is 76.0 Å². The van der Waals surface area contributed by atoms with Gasteiger partial charge in [-0.1, -0.05) is 62.8 Å². The molecule has 58 heavy (non-hydrogen) atoms. The van der Waals surface area contributed by atoms with E-state index in [1.54, 1.807) is 38.5 Å². The van der Waals surface area contributed by atoms with Gasteiger partial charge in [0.05, 0.1) is 44.2 Å². The Kier molecular flexibility index (Phi) is 14.7. The second kappa shape index (κ2) is 20.1. The summed E-state index contributed by atoms with van der Waals surface area (Å²) in [5, 5.41) is 19.8. The number of nitrogens with one attached hydrogen (secondary N) is 2. The molecule has 0 aliphatic heterocycles. The van der Waals surface area contributed by atoms with Crippen molar-refractivity contribution < 1.29 is 38.6 Å². The number of aromatic nitrogens is 2. The van der Waals surface area contributed by atoms with Crippen molar-refractivity contribution in [3.05, 3.63) is 112 Å². The number of hydrogen-bond acceptors (Lipinski definition) is 8. The SMILES string of the molecule is COC(=O)c1ccc2c(C3CCCCC3)c(-c3ccc(OC)cc3)[nH]c2c1.COC(=O)c1ccc2c(C3CCCCC3)c(Br)[nH]c2c1.COc1ccc(B(O)O)cc1. The summed E-state index contributed by atoms with van der Waals surface area (Å²) >= 11 is 3.65. The van der Waals surface area contributed by atoms with Crippen LogP contribution in [0.4, 0.5) is 0 Å². The lowest BCUT2D eigenvalue weighted by atomic mass is 9.80. The van der Waals surface area contributed by atoms with Crippen LogP contribution in [0.1, 0.15) is 108 Å². The Labute approximate surface area is 348 Å². The van der Waals surface area contributed by atoms with Crippen LogP contribution in [-0.2, 0) is 9.47 Å². The van der Waals surface area contributed by atoms with Gasteiger partial charge >= 0.3 is 19.1 Å². The molecule has 2 heterocycles. The van der Waals surface area contributed by atoms with Gasteiger partial charge in [-0.05, 0) is 136 Å². The van der Waals surface area contributed by atoms with Crippen LogP contribution >= 0.6 is 15.9 Å². The van der Waals surface area contributed by atoms with Gasteiger partial charge in [0, 0.05) is 27.5 Å². The number of esters is 2. The smallest absolute Gasteiger partial charge is 0.488 e. The molecule has 6 aromatic rings. The Morgan fingerprint density at radius 3 is 1.52 bits per heavy atom. The average Bonchev–Trinajstić information content (AvgIpc) is 3.83. The number of carbonyl (C=O) groups excluding carboxylic acids is 2. The summed E-state index contributed by atoms with van der Waals surface area (Å²) in [5.74, 6) is 2.12. The molecule has 10 nitrogen and oxygen atoms in total. The first-order chi connectivity index (χ1) is 28.1. The predicted molar refractivity (Wildman–Crippen MR) is 233 cm³/mol. The summed E-state index contributed by atoms with van der Waals surface area (Å²) in [4.78, 5) is 30.5. The molecule has 2 aliphatic rings. The largest absolute Gasteiger partial charge is 0.497 e. The van der Waals surface area contributed by atoms with Crippen LogP contribution in [0.5, 0.6) is 11.5 Å². The first-order valence-electron chi connectivity index (χ1n) is 19.9. The average molecular weight is 852 g/mol. The van der Waals surface area contributed by atoms with Crippen LogP contribution in [0.2, 0.25) is 0 Å². The topological polar surface area (TPSA) is 143 Å². The number of fused-ring (bicyclic) bond motifs is 2. The fourth-order valence-corrected chi connectivity index (χ4v) is 9.01. The van der Waals surface area contributed by atoms with Gasteiger partial charge in [-0.3, -0.25) is 0 Å². The number of ether oxygens (including phenoxy) is 4. The quantitative estimate of drug-likeness (QED) is 0.0876. The highest BCUT2D eigenvalue weighted by molar-refractivity contribution is 9.10. The third kappa shape index (κ3) is 9.97. The van der Waals surface area contributed by atoms with Crippen LogP contribution in [0.25, 0.3) is 33.1 Å². The molecule has 0 radical (unpaired) electrons. The highest BCUT2D eigenvalue weighted by atomic mass is 79.9. The van der Waals surface area contributed by atoms with Crippen LogP contribution in [0, 0.1) is 0 Å². The Bertz CT molecular complexity index is 2290. The lowest BCUT2D eigenvalue weighted by Gasteiger charge is -2.23. The van der Waals surface area contributed by atoms with E-state index in [9.17, 15) is 9.59 Å². The lowest BCUT2D eigenvalue weighted by Crippen LogP contribution is -2.29. The van der Waals surface area contributed by atoms with Crippen LogP contribution in [-0.4, -0.2) is 67.5 Å². The van der Waals surface area contributed by atoms with E-state index in [1.807, 2.05) is 42.5 Å². The fourth-order valence-electron chi connectivity index (χ4n) is 8.26. The molecule has 0 unspecified atom stereocenters. The van der Waals surface area contributed by atoms with Crippen molar-refractivity contribution in [3.8, 4) is 22.8 Å². The van der Waals surface area contributed by atoms with E-state index in [2.05, 4.69) is 44.1 Å². The maximum atomic E-state index is 11.9. The van der Waals surface area contributed by atoms with Gasteiger partial charge in [0.1, 0.15) is 11.5 Å². The summed E-state index contributed by atoms with van der Waals surface area (Å²) in [6.45, 7) is 0. The van der Waals surface area contributed by atoms with Gasteiger partial charge in [-0.25, -0.2) is 9.59 Å². The molecular weight excluding hydrogens is 799 g/mol.